The summed E-state index contributed by atoms with van der Waals surface area (Å²) in [7, 11) is 4.19. The number of pyridine rings is 1. The Morgan fingerprint density at radius 1 is 1.05 bits per heavy atom. The van der Waals surface area contributed by atoms with Crippen molar-refractivity contribution in [2.24, 2.45) is 0 Å². The maximum atomic E-state index is 13.9. The van der Waals surface area contributed by atoms with E-state index in [1.165, 1.54) is 17.7 Å². The quantitative estimate of drug-likeness (QED) is 0.201. The Hall–Kier alpha value is -4.29. The van der Waals surface area contributed by atoms with Crippen LogP contribution in [0.5, 0.6) is 0 Å². The van der Waals surface area contributed by atoms with Gasteiger partial charge in [0.25, 0.3) is 0 Å². The van der Waals surface area contributed by atoms with Gasteiger partial charge in [-0.05, 0) is 93.0 Å². The lowest BCUT2D eigenvalue weighted by Crippen LogP contribution is -2.12. The highest BCUT2D eigenvalue weighted by atomic mass is 19.1. The van der Waals surface area contributed by atoms with Crippen LogP contribution in [0, 0.1) is 5.82 Å². The Morgan fingerprint density at radius 2 is 1.92 bits per heavy atom. The van der Waals surface area contributed by atoms with Crippen molar-refractivity contribution >= 4 is 27.4 Å². The van der Waals surface area contributed by atoms with Crippen molar-refractivity contribution < 1.29 is 4.39 Å². The van der Waals surface area contributed by atoms with Crippen molar-refractivity contribution in [2.45, 2.75) is 19.8 Å². The van der Waals surface area contributed by atoms with Crippen LogP contribution in [0.3, 0.4) is 0 Å². The second kappa shape index (κ2) is 11.0. The van der Waals surface area contributed by atoms with Crippen molar-refractivity contribution in [1.29, 1.82) is 0 Å². The van der Waals surface area contributed by atoms with Gasteiger partial charge in [0, 0.05) is 22.5 Å². The largest absolute Gasteiger partial charge is 0.352 e. The number of aromatic nitrogens is 4. The molecule has 3 heterocycles. The smallest absolute Gasteiger partial charge is 0.123 e. The van der Waals surface area contributed by atoms with E-state index in [1.807, 2.05) is 12.1 Å². The van der Waals surface area contributed by atoms with E-state index in [2.05, 4.69) is 89.1 Å². The first-order chi connectivity index (χ1) is 18.5. The first-order valence-electron chi connectivity index (χ1n) is 12.8. The van der Waals surface area contributed by atoms with Crippen molar-refractivity contribution in [2.75, 3.05) is 20.6 Å². The van der Waals surface area contributed by atoms with Crippen molar-refractivity contribution in [3.8, 4) is 22.5 Å². The van der Waals surface area contributed by atoms with Gasteiger partial charge in [-0.1, -0.05) is 43.0 Å². The number of allylic oxidation sites excluding steroid dienone is 5. The van der Waals surface area contributed by atoms with Gasteiger partial charge in [-0.3, -0.25) is 10.1 Å². The minimum atomic E-state index is -0.271. The highest BCUT2D eigenvalue weighted by molar-refractivity contribution is 6.01. The predicted molar refractivity (Wildman–Crippen MR) is 156 cm³/mol. The molecule has 0 bridgehead atoms. The Labute approximate surface area is 222 Å². The van der Waals surface area contributed by atoms with Crippen LogP contribution in [0.15, 0.2) is 91.3 Å². The summed E-state index contributed by atoms with van der Waals surface area (Å²) >= 11 is 0. The fraction of sp³-hybridized carbons (Fsp3) is 0.188. The van der Waals surface area contributed by atoms with E-state index in [1.54, 1.807) is 18.5 Å². The van der Waals surface area contributed by atoms with E-state index in [0.717, 1.165) is 74.8 Å². The van der Waals surface area contributed by atoms with E-state index >= 15 is 0 Å². The number of benzene rings is 2. The Bertz CT molecular complexity index is 1670. The third-order valence-electron chi connectivity index (χ3n) is 6.82. The summed E-state index contributed by atoms with van der Waals surface area (Å²) in [5.41, 5.74) is 8.69. The molecule has 0 aliphatic rings. The first kappa shape index (κ1) is 25.4. The van der Waals surface area contributed by atoms with E-state index in [0.29, 0.717) is 0 Å². The molecule has 0 fully saturated rings. The lowest BCUT2D eigenvalue weighted by molar-refractivity contribution is 0.400. The molecular weight excluding hydrogens is 473 g/mol. The number of nitrogens with one attached hydrogen (secondary N) is 2. The third-order valence-corrected chi connectivity index (χ3v) is 6.82. The number of aromatic amines is 2. The number of halogens is 1. The molecule has 0 radical (unpaired) electrons. The van der Waals surface area contributed by atoms with Crippen LogP contribution in [0.2, 0.25) is 0 Å². The molecule has 0 spiro atoms. The number of nitrogens with zero attached hydrogens (tertiary/aromatic N) is 3. The lowest BCUT2D eigenvalue weighted by Gasteiger charge is -2.10. The lowest BCUT2D eigenvalue weighted by atomic mass is 9.98. The number of rotatable bonds is 9. The highest BCUT2D eigenvalue weighted by Gasteiger charge is 2.15. The molecule has 6 heteroatoms. The minimum Gasteiger partial charge on any atom is -0.352 e. The predicted octanol–water partition coefficient (Wildman–Crippen LogP) is 7.77. The zero-order chi connectivity index (χ0) is 26.6. The molecule has 5 rings (SSSR count). The second-order valence-electron chi connectivity index (χ2n) is 9.75. The van der Waals surface area contributed by atoms with Gasteiger partial charge < -0.3 is 9.88 Å². The van der Waals surface area contributed by atoms with E-state index in [4.69, 9.17) is 0 Å². The molecule has 5 nitrogen and oxygen atoms in total. The average Bonchev–Trinajstić information content (AvgIpc) is 3.54. The zero-order valence-corrected chi connectivity index (χ0v) is 22.1. The van der Waals surface area contributed by atoms with E-state index < -0.39 is 0 Å². The van der Waals surface area contributed by atoms with Gasteiger partial charge in [-0.15, -0.1) is 0 Å². The molecule has 0 saturated heterocycles. The Kier molecular flexibility index (Phi) is 7.33. The minimum absolute atomic E-state index is 0.271. The molecule has 0 aliphatic heterocycles. The standard InChI is InChI=1S/C32H32FN5/c1-5-21(9-8-14-38(3)4)15-22(6-2)23-12-13-29-27(17-23)32(37-36-29)30-18-26-28(19-34-20-31(26)35-30)24-10-7-11-25(33)16-24/h5-7,10-13,15-20,35H,1,8-9,14H2,2-4H3,(H,36,37)/b21-15+,22-6+. The summed E-state index contributed by atoms with van der Waals surface area (Å²) in [6.45, 7) is 7.14. The number of hydrogen-bond acceptors (Lipinski definition) is 3. The topological polar surface area (TPSA) is 60.6 Å². The fourth-order valence-electron chi connectivity index (χ4n) is 4.83. The van der Waals surface area contributed by atoms with Crippen LogP contribution >= 0.6 is 0 Å². The zero-order valence-electron chi connectivity index (χ0n) is 22.1. The normalized spacial score (nSPS) is 12.7. The van der Waals surface area contributed by atoms with Crippen LogP contribution in [0.4, 0.5) is 4.39 Å². The van der Waals surface area contributed by atoms with Gasteiger partial charge in [0.05, 0.1) is 22.9 Å². The summed E-state index contributed by atoms with van der Waals surface area (Å²) < 4.78 is 13.9. The van der Waals surface area contributed by atoms with E-state index in [-0.39, 0.29) is 5.82 Å². The van der Waals surface area contributed by atoms with Crippen molar-refractivity contribution in [3.05, 3.63) is 103 Å². The maximum absolute atomic E-state index is 13.9. The Balaban J connectivity index is 1.52. The first-order valence-corrected chi connectivity index (χ1v) is 12.8. The van der Waals surface area contributed by atoms with Gasteiger partial charge in [-0.2, -0.15) is 5.10 Å². The molecule has 2 aromatic carbocycles. The maximum Gasteiger partial charge on any atom is 0.123 e. The number of fused-ring (bicyclic) bond motifs is 2. The van der Waals surface area contributed by atoms with Crippen LogP contribution in [0.1, 0.15) is 25.3 Å². The van der Waals surface area contributed by atoms with Gasteiger partial charge in [-0.25, -0.2) is 4.39 Å². The molecule has 0 atom stereocenters. The Morgan fingerprint density at radius 3 is 2.68 bits per heavy atom. The summed E-state index contributed by atoms with van der Waals surface area (Å²) in [5, 5.41) is 9.81. The van der Waals surface area contributed by atoms with Gasteiger partial charge in [0.15, 0.2) is 0 Å². The molecule has 38 heavy (non-hydrogen) atoms. The molecule has 0 amide bonds. The third kappa shape index (κ3) is 5.22. The molecule has 3 aromatic heterocycles. The van der Waals surface area contributed by atoms with Crippen molar-refractivity contribution in [1.82, 2.24) is 25.1 Å². The molecule has 2 N–H and O–H groups in total. The van der Waals surface area contributed by atoms with Crippen LogP contribution in [-0.2, 0) is 0 Å². The molecule has 0 saturated carbocycles. The van der Waals surface area contributed by atoms with E-state index in [9.17, 15) is 4.39 Å². The molecule has 5 aromatic rings. The second-order valence-corrected chi connectivity index (χ2v) is 9.75. The number of H-pyrrole nitrogens is 2. The summed E-state index contributed by atoms with van der Waals surface area (Å²) in [6, 6.07) is 15.0. The molecule has 0 aliphatic carbocycles. The monoisotopic (exact) mass is 505 g/mol. The van der Waals surface area contributed by atoms with Crippen LogP contribution < -0.4 is 0 Å². The highest BCUT2D eigenvalue weighted by Crippen LogP contribution is 2.34. The summed E-state index contributed by atoms with van der Waals surface area (Å²) in [6.07, 6.45) is 11.9. The van der Waals surface area contributed by atoms with Gasteiger partial charge in [0.1, 0.15) is 11.5 Å². The van der Waals surface area contributed by atoms with Crippen LogP contribution in [-0.4, -0.2) is 45.7 Å². The summed E-state index contributed by atoms with van der Waals surface area (Å²) in [5.74, 6) is -0.271. The molecular formula is C32H32FN5. The molecule has 0 unspecified atom stereocenters. The fourth-order valence-corrected chi connectivity index (χ4v) is 4.83. The number of hydrogen-bond donors (Lipinski definition) is 2. The average molecular weight is 506 g/mol. The van der Waals surface area contributed by atoms with Gasteiger partial charge >= 0.3 is 0 Å². The summed E-state index contributed by atoms with van der Waals surface area (Å²) in [4.78, 5) is 10.1. The van der Waals surface area contributed by atoms with Gasteiger partial charge in [0.2, 0.25) is 0 Å². The molecule has 192 valence electrons. The van der Waals surface area contributed by atoms with Crippen LogP contribution in [0.25, 0.3) is 49.9 Å². The SMILES string of the molecule is C=C/C(=C\C(=C/C)c1ccc2[nH]nc(-c3cc4c(-c5cccc(F)c5)cncc4[nH]3)c2c1)CCCN(C)C. The van der Waals surface area contributed by atoms with Crippen molar-refractivity contribution in [3.63, 3.8) is 0 Å².